The zero-order chi connectivity index (χ0) is 14.0. The molecule has 0 unspecified atom stereocenters. The third-order valence-electron chi connectivity index (χ3n) is 3.11. The van der Waals surface area contributed by atoms with Crippen molar-refractivity contribution < 1.29 is 19.8 Å². The Morgan fingerprint density at radius 2 is 2.37 bits per heavy atom. The van der Waals surface area contributed by atoms with Crippen LogP contribution in [-0.4, -0.2) is 67.9 Å². The Kier molecular flexibility index (Phi) is 3.70. The number of nitrogens with zero attached hydrogens (tertiary/aromatic N) is 3. The van der Waals surface area contributed by atoms with Crippen LogP contribution in [0.3, 0.4) is 0 Å². The minimum Gasteiger partial charge on any atom is -0.480 e. The van der Waals surface area contributed by atoms with Crippen LogP contribution in [0, 0.1) is 0 Å². The summed E-state index contributed by atoms with van der Waals surface area (Å²) < 4.78 is 0. The number of likely N-dealkylation sites (tertiary alicyclic amines) is 1. The van der Waals surface area contributed by atoms with Crippen molar-refractivity contribution in [3.63, 3.8) is 0 Å². The second-order valence-electron chi connectivity index (χ2n) is 4.64. The van der Waals surface area contributed by atoms with E-state index in [1.165, 1.54) is 9.80 Å². The number of aliphatic carboxylic acids is 1. The van der Waals surface area contributed by atoms with Crippen LogP contribution in [0.4, 0.5) is 4.79 Å². The predicted octanol–water partition coefficient (Wildman–Crippen LogP) is -0.519. The number of H-pyrrole nitrogens is 1. The van der Waals surface area contributed by atoms with Gasteiger partial charge in [0, 0.05) is 31.8 Å². The van der Waals surface area contributed by atoms with Crippen LogP contribution >= 0.6 is 0 Å². The lowest BCUT2D eigenvalue weighted by Crippen LogP contribution is -2.46. The zero-order valence-electron chi connectivity index (χ0n) is 10.5. The van der Waals surface area contributed by atoms with Gasteiger partial charge >= 0.3 is 12.0 Å². The topological polar surface area (TPSA) is 110 Å². The lowest BCUT2D eigenvalue weighted by molar-refractivity contribution is -0.141. The number of carbonyl (C=O) groups is 2. The second kappa shape index (κ2) is 5.27. The van der Waals surface area contributed by atoms with E-state index in [0.29, 0.717) is 6.54 Å². The molecule has 2 rings (SSSR count). The van der Waals surface area contributed by atoms with Crippen molar-refractivity contribution in [1.82, 2.24) is 20.0 Å². The number of aliphatic hydroxyl groups is 1. The Morgan fingerprint density at radius 3 is 2.95 bits per heavy atom. The van der Waals surface area contributed by atoms with Gasteiger partial charge in [-0.25, -0.2) is 9.59 Å². The molecule has 8 nitrogen and oxygen atoms in total. The van der Waals surface area contributed by atoms with E-state index in [-0.39, 0.29) is 13.0 Å². The van der Waals surface area contributed by atoms with Crippen LogP contribution in [0.25, 0.3) is 0 Å². The number of aliphatic hydroxyl groups excluding tert-OH is 1. The molecule has 0 saturated carbocycles. The molecule has 19 heavy (non-hydrogen) atoms. The van der Waals surface area contributed by atoms with Gasteiger partial charge in [0.25, 0.3) is 0 Å². The van der Waals surface area contributed by atoms with E-state index >= 15 is 0 Å². The molecular formula is C11H16N4O4. The van der Waals surface area contributed by atoms with Crippen molar-refractivity contribution in [2.75, 3.05) is 13.6 Å². The van der Waals surface area contributed by atoms with Gasteiger partial charge in [-0.05, 0) is 0 Å². The predicted molar refractivity (Wildman–Crippen MR) is 64.2 cm³/mol. The molecule has 2 amide bonds. The fraction of sp³-hybridized carbons (Fsp3) is 0.545. The number of carboxylic acid groups (broad SMARTS) is 1. The molecule has 1 aliphatic rings. The minimum absolute atomic E-state index is 0.0471. The number of aromatic amines is 1. The molecule has 1 aromatic rings. The van der Waals surface area contributed by atoms with Gasteiger partial charge in [0.05, 0.1) is 18.8 Å². The van der Waals surface area contributed by atoms with Gasteiger partial charge in [-0.15, -0.1) is 0 Å². The molecular weight excluding hydrogens is 252 g/mol. The van der Waals surface area contributed by atoms with Crippen LogP contribution in [-0.2, 0) is 11.3 Å². The van der Waals surface area contributed by atoms with E-state index in [1.54, 1.807) is 19.4 Å². The molecule has 1 saturated heterocycles. The first-order valence-electron chi connectivity index (χ1n) is 5.89. The highest BCUT2D eigenvalue weighted by molar-refractivity contribution is 5.83. The quantitative estimate of drug-likeness (QED) is 0.683. The Bertz CT molecular complexity index is 461. The van der Waals surface area contributed by atoms with Crippen molar-refractivity contribution >= 4 is 12.0 Å². The highest BCUT2D eigenvalue weighted by atomic mass is 16.4. The van der Waals surface area contributed by atoms with Crippen molar-refractivity contribution in [1.29, 1.82) is 0 Å². The summed E-state index contributed by atoms with van der Waals surface area (Å²) in [6.45, 7) is 0.375. The molecule has 1 aromatic heterocycles. The number of hydrogen-bond acceptors (Lipinski definition) is 4. The van der Waals surface area contributed by atoms with E-state index in [4.69, 9.17) is 5.11 Å². The molecule has 0 aromatic carbocycles. The van der Waals surface area contributed by atoms with Crippen LogP contribution in [0.1, 0.15) is 12.0 Å². The van der Waals surface area contributed by atoms with Gasteiger partial charge in [-0.2, -0.15) is 5.10 Å². The minimum atomic E-state index is -1.10. The SMILES string of the molecule is CN(Cc1cn[nH]c1)C(=O)N1C[C@H](O)C[C@H]1C(=O)O. The first-order valence-corrected chi connectivity index (χ1v) is 5.89. The standard InChI is InChI=1S/C11H16N4O4/c1-14(5-7-3-12-13-4-7)11(19)15-6-8(16)2-9(15)10(17)18/h3-4,8-9,16H,2,5-6H2,1H3,(H,12,13)(H,17,18)/t8-,9+/m1/s1. The number of nitrogens with one attached hydrogen (secondary N) is 1. The van der Waals surface area contributed by atoms with Crippen LogP contribution in [0.5, 0.6) is 0 Å². The van der Waals surface area contributed by atoms with E-state index in [9.17, 15) is 14.7 Å². The monoisotopic (exact) mass is 268 g/mol. The first kappa shape index (κ1) is 13.3. The van der Waals surface area contributed by atoms with Crippen LogP contribution in [0.2, 0.25) is 0 Å². The largest absolute Gasteiger partial charge is 0.480 e. The van der Waals surface area contributed by atoms with Gasteiger partial charge in [0.2, 0.25) is 0 Å². The summed E-state index contributed by atoms with van der Waals surface area (Å²) in [5, 5.41) is 25.0. The summed E-state index contributed by atoms with van der Waals surface area (Å²) in [7, 11) is 1.58. The fourth-order valence-corrected chi connectivity index (χ4v) is 2.18. The molecule has 0 bridgehead atoms. The fourth-order valence-electron chi connectivity index (χ4n) is 2.18. The highest BCUT2D eigenvalue weighted by Crippen LogP contribution is 2.20. The Labute approximate surface area is 109 Å². The van der Waals surface area contributed by atoms with E-state index < -0.39 is 24.1 Å². The Hall–Kier alpha value is -2.09. The maximum absolute atomic E-state index is 12.2. The summed E-state index contributed by atoms with van der Waals surface area (Å²) in [5.74, 6) is -1.10. The smallest absolute Gasteiger partial charge is 0.326 e. The van der Waals surface area contributed by atoms with E-state index in [1.807, 2.05) is 0 Å². The molecule has 0 spiro atoms. The average molecular weight is 268 g/mol. The maximum Gasteiger partial charge on any atom is 0.326 e. The normalized spacial score (nSPS) is 22.5. The summed E-state index contributed by atoms with van der Waals surface area (Å²) >= 11 is 0. The summed E-state index contributed by atoms with van der Waals surface area (Å²) in [6, 6.07) is -1.38. The first-order chi connectivity index (χ1) is 8.99. The average Bonchev–Trinajstić information content (AvgIpc) is 2.97. The maximum atomic E-state index is 12.2. The van der Waals surface area contributed by atoms with Gasteiger partial charge in [0.1, 0.15) is 6.04 Å². The van der Waals surface area contributed by atoms with Crippen molar-refractivity contribution in [2.45, 2.75) is 25.1 Å². The van der Waals surface area contributed by atoms with Crippen molar-refractivity contribution in [3.05, 3.63) is 18.0 Å². The van der Waals surface area contributed by atoms with Gasteiger partial charge in [-0.1, -0.05) is 0 Å². The number of carbonyl (C=O) groups excluding carboxylic acids is 1. The third kappa shape index (κ3) is 2.84. The summed E-state index contributed by atoms with van der Waals surface area (Å²) in [6.07, 6.45) is 2.54. The third-order valence-corrected chi connectivity index (χ3v) is 3.11. The Balaban J connectivity index is 2.03. The zero-order valence-corrected chi connectivity index (χ0v) is 10.5. The number of urea groups is 1. The van der Waals surface area contributed by atoms with Gasteiger partial charge in [-0.3, -0.25) is 5.10 Å². The van der Waals surface area contributed by atoms with Gasteiger partial charge < -0.3 is 20.0 Å². The molecule has 1 fully saturated rings. The molecule has 2 heterocycles. The molecule has 104 valence electrons. The molecule has 3 N–H and O–H groups in total. The lowest BCUT2D eigenvalue weighted by Gasteiger charge is -2.27. The van der Waals surface area contributed by atoms with Crippen molar-refractivity contribution in [2.24, 2.45) is 0 Å². The molecule has 2 atom stereocenters. The molecule has 1 aliphatic heterocycles. The lowest BCUT2D eigenvalue weighted by atomic mass is 10.2. The van der Waals surface area contributed by atoms with Crippen LogP contribution in [0.15, 0.2) is 12.4 Å². The molecule has 8 heteroatoms. The van der Waals surface area contributed by atoms with E-state index in [0.717, 1.165) is 5.56 Å². The summed E-state index contributed by atoms with van der Waals surface area (Å²) in [4.78, 5) is 25.8. The second-order valence-corrected chi connectivity index (χ2v) is 4.64. The Morgan fingerprint density at radius 1 is 1.63 bits per heavy atom. The highest BCUT2D eigenvalue weighted by Gasteiger charge is 2.40. The van der Waals surface area contributed by atoms with Crippen LogP contribution < -0.4 is 0 Å². The van der Waals surface area contributed by atoms with Gasteiger partial charge in [0.15, 0.2) is 0 Å². The van der Waals surface area contributed by atoms with Crippen molar-refractivity contribution in [3.8, 4) is 0 Å². The summed E-state index contributed by atoms with van der Waals surface area (Å²) in [5.41, 5.74) is 0.822. The van der Waals surface area contributed by atoms with E-state index in [2.05, 4.69) is 10.2 Å². The number of rotatable bonds is 3. The molecule has 0 radical (unpaired) electrons. The number of carboxylic acids is 1. The number of hydrogen-bond donors (Lipinski definition) is 3. The molecule has 0 aliphatic carbocycles. The number of aromatic nitrogens is 2. The number of amides is 2. The number of β-amino-alcohol motifs (C(OH)–C–C–N with tert-alkyl or cyclic N) is 1.